The molecule has 0 aromatic heterocycles. The van der Waals surface area contributed by atoms with E-state index < -0.39 is 0 Å². The van der Waals surface area contributed by atoms with E-state index in [0.717, 1.165) is 57.0 Å². The summed E-state index contributed by atoms with van der Waals surface area (Å²) in [5, 5.41) is 3.37. The number of hydrogen-bond donors (Lipinski definition) is 1. The van der Waals surface area contributed by atoms with Gasteiger partial charge < -0.3 is 19.9 Å². The lowest BCUT2D eigenvalue weighted by molar-refractivity contribution is -0.138. The van der Waals surface area contributed by atoms with Crippen molar-refractivity contribution in [1.29, 1.82) is 0 Å². The van der Waals surface area contributed by atoms with Crippen LogP contribution in [0, 0.1) is 11.3 Å². The van der Waals surface area contributed by atoms with Crippen LogP contribution in [0.4, 0.5) is 0 Å². The number of amides is 2. The van der Waals surface area contributed by atoms with E-state index in [2.05, 4.69) is 42.0 Å². The summed E-state index contributed by atoms with van der Waals surface area (Å²) in [5.41, 5.74) is 0.970. The quantitative estimate of drug-likeness (QED) is 0.572. The van der Waals surface area contributed by atoms with E-state index in [9.17, 15) is 9.59 Å². The summed E-state index contributed by atoms with van der Waals surface area (Å²) in [6.45, 7) is 11.9. The van der Waals surface area contributed by atoms with Gasteiger partial charge in [-0.05, 0) is 48.3 Å². The Morgan fingerprint density at radius 1 is 1.11 bits per heavy atom. The molecule has 1 aromatic rings. The fourth-order valence-electron chi connectivity index (χ4n) is 6.30. The third-order valence-electron chi connectivity index (χ3n) is 8.24. The maximum absolute atomic E-state index is 13.8. The Hall–Kier alpha value is -2.12. The number of nitrogens with one attached hydrogen (secondary N) is 1. The highest BCUT2D eigenvalue weighted by Crippen LogP contribution is 2.32. The molecule has 1 aliphatic carbocycles. The van der Waals surface area contributed by atoms with Crippen molar-refractivity contribution in [2.24, 2.45) is 11.3 Å². The van der Waals surface area contributed by atoms with Crippen molar-refractivity contribution in [3.8, 4) is 5.75 Å². The number of carbonyl (C=O) groups excluding carboxylic acids is 2. The highest BCUT2D eigenvalue weighted by atomic mass is 16.5. The third-order valence-corrected chi connectivity index (χ3v) is 8.24. The fraction of sp³-hybridized carbons (Fsp3) is 0.733. The van der Waals surface area contributed by atoms with E-state index in [0.29, 0.717) is 18.9 Å². The minimum atomic E-state index is -0.139. The number of ether oxygens (including phenoxy) is 1. The molecule has 0 bridgehead atoms. The van der Waals surface area contributed by atoms with E-state index in [4.69, 9.17) is 4.74 Å². The second kappa shape index (κ2) is 12.6. The summed E-state index contributed by atoms with van der Waals surface area (Å²) in [4.78, 5) is 34.1. The SMILES string of the molecule is COc1cccc(CN(C(=O)CC(C)(C)C)C2CC(C(=O)N3CCNCC3)N(CC3CCCCC3)C2)c1. The van der Waals surface area contributed by atoms with Crippen molar-refractivity contribution in [2.45, 2.75) is 84.3 Å². The zero-order valence-electron chi connectivity index (χ0n) is 23.5. The molecule has 7 heteroatoms. The topological polar surface area (TPSA) is 65.1 Å². The molecule has 2 saturated heterocycles. The maximum Gasteiger partial charge on any atom is 0.240 e. The Morgan fingerprint density at radius 3 is 2.51 bits per heavy atom. The van der Waals surface area contributed by atoms with Gasteiger partial charge in [-0.3, -0.25) is 14.5 Å². The predicted octanol–water partition coefficient (Wildman–Crippen LogP) is 3.92. The first-order valence-corrected chi connectivity index (χ1v) is 14.4. The van der Waals surface area contributed by atoms with Crippen molar-refractivity contribution >= 4 is 11.8 Å². The molecule has 1 N–H and O–H groups in total. The van der Waals surface area contributed by atoms with E-state index in [1.165, 1.54) is 32.1 Å². The molecule has 1 saturated carbocycles. The number of carbonyl (C=O) groups is 2. The molecule has 2 atom stereocenters. The molecule has 2 aliphatic heterocycles. The Bertz CT molecular complexity index is 902. The molecule has 2 unspecified atom stereocenters. The van der Waals surface area contributed by atoms with Gasteiger partial charge in [0.1, 0.15) is 5.75 Å². The van der Waals surface area contributed by atoms with Gasteiger partial charge in [0, 0.05) is 58.3 Å². The molecule has 0 spiro atoms. The standard InChI is InChI=1S/C30H48N4O3/c1-30(2,3)19-28(35)34(21-24-11-8-12-26(17-24)37-4)25-18-27(29(36)32-15-13-31-14-16-32)33(22-25)20-23-9-6-5-7-10-23/h8,11-12,17,23,25,27,31H,5-7,9-10,13-16,18-22H2,1-4H3. The van der Waals surface area contributed by atoms with E-state index in [1.807, 2.05) is 23.1 Å². The molecule has 3 fully saturated rings. The smallest absolute Gasteiger partial charge is 0.240 e. The zero-order valence-corrected chi connectivity index (χ0v) is 23.5. The van der Waals surface area contributed by atoms with E-state index >= 15 is 0 Å². The number of nitrogens with zero attached hydrogens (tertiary/aromatic N) is 3. The summed E-state index contributed by atoms with van der Waals surface area (Å²) >= 11 is 0. The average Bonchev–Trinajstić information content (AvgIpc) is 3.30. The van der Waals surface area contributed by atoms with Crippen LogP contribution in [0.25, 0.3) is 0 Å². The van der Waals surface area contributed by atoms with Gasteiger partial charge in [0.2, 0.25) is 11.8 Å². The number of methoxy groups -OCH3 is 1. The van der Waals surface area contributed by atoms with Crippen LogP contribution < -0.4 is 10.1 Å². The van der Waals surface area contributed by atoms with Crippen LogP contribution in [0.3, 0.4) is 0 Å². The minimum absolute atomic E-state index is 0.0292. The first kappa shape index (κ1) is 27.9. The third kappa shape index (κ3) is 7.70. The van der Waals surface area contributed by atoms with Crippen LogP contribution in [-0.2, 0) is 16.1 Å². The van der Waals surface area contributed by atoms with Crippen LogP contribution in [0.2, 0.25) is 0 Å². The zero-order chi connectivity index (χ0) is 26.4. The first-order valence-electron chi connectivity index (χ1n) is 14.4. The van der Waals surface area contributed by atoms with Crippen LogP contribution >= 0.6 is 0 Å². The molecule has 3 aliphatic rings. The maximum atomic E-state index is 13.8. The van der Waals surface area contributed by atoms with Crippen molar-refractivity contribution in [2.75, 3.05) is 46.4 Å². The summed E-state index contributed by atoms with van der Waals surface area (Å²) in [6, 6.07) is 7.91. The van der Waals surface area contributed by atoms with Gasteiger partial charge >= 0.3 is 0 Å². The Morgan fingerprint density at radius 2 is 1.84 bits per heavy atom. The Labute approximate surface area is 223 Å². The number of likely N-dealkylation sites (tertiary alicyclic amines) is 1. The molecule has 1 aromatic carbocycles. The fourth-order valence-corrected chi connectivity index (χ4v) is 6.30. The minimum Gasteiger partial charge on any atom is -0.497 e. The number of piperazine rings is 1. The van der Waals surface area contributed by atoms with Gasteiger partial charge in [-0.15, -0.1) is 0 Å². The molecule has 206 valence electrons. The lowest BCUT2D eigenvalue weighted by atomic mass is 9.89. The van der Waals surface area contributed by atoms with Crippen molar-refractivity contribution in [1.82, 2.24) is 20.0 Å². The van der Waals surface area contributed by atoms with E-state index in [1.54, 1.807) is 7.11 Å². The predicted molar refractivity (Wildman–Crippen MR) is 147 cm³/mol. The highest BCUT2D eigenvalue weighted by molar-refractivity contribution is 5.83. The van der Waals surface area contributed by atoms with Gasteiger partial charge in [-0.2, -0.15) is 0 Å². The van der Waals surface area contributed by atoms with Crippen LogP contribution in [0.1, 0.15) is 71.3 Å². The van der Waals surface area contributed by atoms with Crippen LogP contribution in [-0.4, -0.2) is 85.0 Å². The molecular formula is C30H48N4O3. The first-order chi connectivity index (χ1) is 17.7. The van der Waals surface area contributed by atoms with Crippen LogP contribution in [0.5, 0.6) is 5.75 Å². The van der Waals surface area contributed by atoms with Gasteiger partial charge in [0.15, 0.2) is 0 Å². The average molecular weight is 513 g/mol. The molecule has 2 amide bonds. The van der Waals surface area contributed by atoms with Crippen molar-refractivity contribution in [3.05, 3.63) is 29.8 Å². The van der Waals surface area contributed by atoms with Gasteiger partial charge in [-0.25, -0.2) is 0 Å². The number of rotatable bonds is 8. The van der Waals surface area contributed by atoms with Crippen LogP contribution in [0.15, 0.2) is 24.3 Å². The summed E-state index contributed by atoms with van der Waals surface area (Å²) in [7, 11) is 1.67. The second-order valence-electron chi connectivity index (χ2n) is 12.5. The lowest BCUT2D eigenvalue weighted by Gasteiger charge is -2.34. The molecule has 2 heterocycles. The van der Waals surface area contributed by atoms with Gasteiger partial charge in [0.25, 0.3) is 0 Å². The summed E-state index contributed by atoms with van der Waals surface area (Å²) in [6.07, 6.45) is 7.65. The molecule has 4 rings (SSSR count). The monoisotopic (exact) mass is 512 g/mol. The normalized spacial score (nSPS) is 23.7. The lowest BCUT2D eigenvalue weighted by Crippen LogP contribution is -2.53. The van der Waals surface area contributed by atoms with Crippen molar-refractivity contribution in [3.63, 3.8) is 0 Å². The largest absolute Gasteiger partial charge is 0.497 e. The Balaban J connectivity index is 1.57. The van der Waals surface area contributed by atoms with E-state index in [-0.39, 0.29) is 29.3 Å². The molecule has 37 heavy (non-hydrogen) atoms. The van der Waals surface area contributed by atoms with Gasteiger partial charge in [0.05, 0.1) is 13.2 Å². The molecular weight excluding hydrogens is 464 g/mol. The Kier molecular flexibility index (Phi) is 9.51. The van der Waals surface area contributed by atoms with Gasteiger partial charge in [-0.1, -0.05) is 52.2 Å². The second-order valence-corrected chi connectivity index (χ2v) is 12.5. The molecule has 7 nitrogen and oxygen atoms in total. The van der Waals surface area contributed by atoms with Crippen molar-refractivity contribution < 1.29 is 14.3 Å². The summed E-state index contributed by atoms with van der Waals surface area (Å²) in [5.74, 6) is 1.89. The number of benzene rings is 1. The highest BCUT2D eigenvalue weighted by Gasteiger charge is 2.43. The number of hydrogen-bond acceptors (Lipinski definition) is 5. The summed E-state index contributed by atoms with van der Waals surface area (Å²) < 4.78 is 5.45. The molecule has 0 radical (unpaired) electrons.